The number of hydrogen-bond acceptors (Lipinski definition) is 5. The minimum Gasteiger partial charge on any atom is -0.393 e. The number of hydrogen-bond donors (Lipinski definition) is 2. The summed E-state index contributed by atoms with van der Waals surface area (Å²) in [6.45, 7) is 0.410. The van der Waals surface area contributed by atoms with Crippen molar-refractivity contribution in [2.75, 3.05) is 25.5 Å². The smallest absolute Gasteiger partial charge is 0.322 e. The van der Waals surface area contributed by atoms with E-state index in [1.165, 1.54) is 22.7 Å². The van der Waals surface area contributed by atoms with Crippen LogP contribution in [0, 0.1) is 11.6 Å². The van der Waals surface area contributed by atoms with Crippen LogP contribution in [0.15, 0.2) is 18.2 Å². The standard InChI is InChI=1S/C18H19F2N5O4/c1-23-17(27)16-12-8-24(18(28)21-10-2-3-13(19)14(20)6-10)5-4-15(12)22-25(16)7-11(9-26)29-23/h2-3,6,11,26H,4-5,7-9H2,1H3,(H,21,28). The topological polar surface area (TPSA) is 99.9 Å². The lowest BCUT2D eigenvalue weighted by atomic mass is 10.1. The van der Waals surface area contributed by atoms with E-state index in [1.807, 2.05) is 0 Å². The van der Waals surface area contributed by atoms with Crippen molar-refractivity contribution in [2.45, 2.75) is 25.6 Å². The zero-order chi connectivity index (χ0) is 20.7. The number of nitrogens with one attached hydrogen (secondary N) is 1. The van der Waals surface area contributed by atoms with Gasteiger partial charge in [0, 0.05) is 37.3 Å². The summed E-state index contributed by atoms with van der Waals surface area (Å²) in [6.07, 6.45) is -0.179. The first kappa shape index (κ1) is 19.3. The lowest BCUT2D eigenvalue weighted by Gasteiger charge is -2.27. The number of nitrogens with zero attached hydrogens (tertiary/aromatic N) is 4. The van der Waals surface area contributed by atoms with Gasteiger partial charge in [0.2, 0.25) is 0 Å². The second-order valence-corrected chi connectivity index (χ2v) is 6.90. The van der Waals surface area contributed by atoms with Gasteiger partial charge in [-0.1, -0.05) is 0 Å². The molecule has 2 N–H and O–H groups in total. The van der Waals surface area contributed by atoms with Crippen molar-refractivity contribution in [1.82, 2.24) is 19.7 Å². The van der Waals surface area contributed by atoms with Crippen molar-refractivity contribution in [3.8, 4) is 0 Å². The van der Waals surface area contributed by atoms with Gasteiger partial charge in [-0.25, -0.2) is 18.6 Å². The van der Waals surface area contributed by atoms with Gasteiger partial charge in [0.05, 0.1) is 25.4 Å². The number of urea groups is 1. The number of aromatic nitrogens is 2. The van der Waals surface area contributed by atoms with Crippen molar-refractivity contribution >= 4 is 17.6 Å². The zero-order valence-electron chi connectivity index (χ0n) is 15.6. The molecule has 0 fully saturated rings. The van der Waals surface area contributed by atoms with Gasteiger partial charge in [0.1, 0.15) is 11.8 Å². The van der Waals surface area contributed by atoms with E-state index in [4.69, 9.17) is 4.84 Å². The highest BCUT2D eigenvalue weighted by Gasteiger charge is 2.35. The van der Waals surface area contributed by atoms with Crippen molar-refractivity contribution in [3.05, 3.63) is 46.8 Å². The molecule has 1 unspecified atom stereocenters. The number of carbonyl (C=O) groups is 2. The van der Waals surface area contributed by atoms with Crippen LogP contribution in [0.1, 0.15) is 21.7 Å². The van der Waals surface area contributed by atoms with Crippen molar-refractivity contribution in [3.63, 3.8) is 0 Å². The second kappa shape index (κ2) is 7.41. The molecule has 2 aliphatic heterocycles. The molecule has 4 rings (SSSR count). The minimum atomic E-state index is -1.06. The zero-order valence-corrected chi connectivity index (χ0v) is 15.6. The Morgan fingerprint density at radius 2 is 2.17 bits per heavy atom. The molecular weight excluding hydrogens is 388 g/mol. The number of rotatable bonds is 2. The number of hydroxylamine groups is 2. The van der Waals surface area contributed by atoms with Crippen LogP contribution >= 0.6 is 0 Å². The molecule has 0 radical (unpaired) electrons. The average molecular weight is 407 g/mol. The molecule has 0 saturated heterocycles. The van der Waals surface area contributed by atoms with Crippen LogP contribution in [0.3, 0.4) is 0 Å². The van der Waals surface area contributed by atoms with E-state index in [2.05, 4.69) is 10.4 Å². The van der Waals surface area contributed by atoms with Gasteiger partial charge in [0.25, 0.3) is 5.91 Å². The van der Waals surface area contributed by atoms with E-state index in [0.29, 0.717) is 29.9 Å². The highest BCUT2D eigenvalue weighted by atomic mass is 19.2. The molecule has 154 valence electrons. The normalized spacial score (nSPS) is 18.9. The van der Waals surface area contributed by atoms with E-state index >= 15 is 0 Å². The third-order valence-corrected chi connectivity index (χ3v) is 4.94. The number of anilines is 1. The summed E-state index contributed by atoms with van der Waals surface area (Å²) in [4.78, 5) is 32.2. The molecule has 11 heteroatoms. The maximum atomic E-state index is 13.4. The highest BCUT2D eigenvalue weighted by molar-refractivity contribution is 5.94. The molecule has 2 aliphatic rings. The number of aliphatic hydroxyl groups excluding tert-OH is 1. The number of aliphatic hydroxyl groups is 1. The molecular formula is C18H19F2N5O4. The fraction of sp³-hybridized carbons (Fsp3) is 0.389. The third kappa shape index (κ3) is 3.54. The molecule has 9 nitrogen and oxygen atoms in total. The quantitative estimate of drug-likeness (QED) is 0.778. The summed E-state index contributed by atoms with van der Waals surface area (Å²) in [6, 6.07) is 2.60. The summed E-state index contributed by atoms with van der Waals surface area (Å²) in [5.74, 6) is -2.48. The van der Waals surface area contributed by atoms with Crippen molar-refractivity contribution in [2.24, 2.45) is 0 Å². The Morgan fingerprint density at radius 3 is 2.90 bits per heavy atom. The lowest BCUT2D eigenvalue weighted by molar-refractivity contribution is -0.159. The fourth-order valence-corrected chi connectivity index (χ4v) is 3.49. The van der Waals surface area contributed by atoms with Crippen molar-refractivity contribution in [1.29, 1.82) is 0 Å². The van der Waals surface area contributed by atoms with E-state index < -0.39 is 29.7 Å². The van der Waals surface area contributed by atoms with Gasteiger partial charge in [-0.3, -0.25) is 14.3 Å². The van der Waals surface area contributed by atoms with Gasteiger partial charge in [-0.2, -0.15) is 5.10 Å². The van der Waals surface area contributed by atoms with Gasteiger partial charge in [0.15, 0.2) is 11.6 Å². The SMILES string of the molecule is CN1OC(CO)Cn2nc3c(c2C1=O)CN(C(=O)Nc1ccc(F)c(F)c1)CC3. The van der Waals surface area contributed by atoms with Crippen LogP contribution in [-0.2, 0) is 24.3 Å². The minimum absolute atomic E-state index is 0.128. The number of carbonyl (C=O) groups excluding carboxylic acids is 2. The van der Waals surface area contributed by atoms with Crippen LogP contribution in [0.5, 0.6) is 0 Å². The summed E-state index contributed by atoms with van der Waals surface area (Å²) < 4.78 is 27.9. The molecule has 1 atom stereocenters. The molecule has 0 spiro atoms. The van der Waals surface area contributed by atoms with E-state index in [-0.39, 0.29) is 25.4 Å². The van der Waals surface area contributed by atoms with Gasteiger partial charge in [-0.05, 0) is 12.1 Å². The largest absolute Gasteiger partial charge is 0.393 e. The van der Waals surface area contributed by atoms with Gasteiger partial charge < -0.3 is 15.3 Å². The van der Waals surface area contributed by atoms with Crippen LogP contribution in [0.2, 0.25) is 0 Å². The predicted molar refractivity (Wildman–Crippen MR) is 95.8 cm³/mol. The predicted octanol–water partition coefficient (Wildman–Crippen LogP) is 1.13. The molecule has 2 aromatic rings. The first-order valence-corrected chi connectivity index (χ1v) is 9.02. The molecule has 3 amide bonds. The molecule has 0 saturated carbocycles. The summed E-state index contributed by atoms with van der Waals surface area (Å²) >= 11 is 0. The average Bonchev–Trinajstić information content (AvgIpc) is 3.00. The maximum Gasteiger partial charge on any atom is 0.322 e. The highest BCUT2D eigenvalue weighted by Crippen LogP contribution is 2.26. The maximum absolute atomic E-state index is 13.4. The molecule has 0 aliphatic carbocycles. The Labute approximate surface area is 164 Å². The summed E-state index contributed by atoms with van der Waals surface area (Å²) in [5, 5.41) is 17.5. The van der Waals surface area contributed by atoms with Crippen molar-refractivity contribution < 1.29 is 28.3 Å². The number of halogens is 2. The number of amides is 3. The van der Waals surface area contributed by atoms with Gasteiger partial charge >= 0.3 is 6.03 Å². The molecule has 1 aromatic heterocycles. The fourth-order valence-electron chi connectivity index (χ4n) is 3.49. The van der Waals surface area contributed by atoms with E-state index in [0.717, 1.165) is 17.2 Å². The Hall–Kier alpha value is -3.05. The number of benzene rings is 1. The Bertz CT molecular complexity index is 979. The monoisotopic (exact) mass is 407 g/mol. The first-order chi connectivity index (χ1) is 13.9. The second-order valence-electron chi connectivity index (χ2n) is 6.90. The summed E-state index contributed by atoms with van der Waals surface area (Å²) in [7, 11) is 1.45. The van der Waals surface area contributed by atoms with Crippen LogP contribution in [-0.4, -0.2) is 63.1 Å². The lowest BCUT2D eigenvalue weighted by Crippen LogP contribution is -2.39. The third-order valence-electron chi connectivity index (χ3n) is 4.94. The van der Waals surface area contributed by atoms with Crippen LogP contribution < -0.4 is 5.32 Å². The first-order valence-electron chi connectivity index (χ1n) is 9.02. The summed E-state index contributed by atoms with van der Waals surface area (Å²) in [5.41, 5.74) is 1.75. The van der Waals surface area contributed by atoms with Gasteiger partial charge in [-0.15, -0.1) is 0 Å². The molecule has 0 bridgehead atoms. The number of fused-ring (bicyclic) bond motifs is 3. The molecule has 3 heterocycles. The van der Waals surface area contributed by atoms with Crippen LogP contribution in [0.4, 0.5) is 19.3 Å². The molecule has 29 heavy (non-hydrogen) atoms. The Morgan fingerprint density at radius 1 is 1.38 bits per heavy atom. The van der Waals surface area contributed by atoms with E-state index in [9.17, 15) is 23.5 Å². The Kier molecular flexibility index (Phi) is 4.92. The molecule has 1 aromatic carbocycles. The van der Waals surface area contributed by atoms with Crippen LogP contribution in [0.25, 0.3) is 0 Å². The Balaban J connectivity index is 1.57. The van der Waals surface area contributed by atoms with E-state index in [1.54, 1.807) is 0 Å².